The minimum Gasteiger partial charge on any atom is -0.420 e. The number of carbonyl (C=O) groups is 1. The molecule has 0 spiro atoms. The second-order valence-electron chi connectivity index (χ2n) is 4.47. The SMILES string of the molecule is CNC(=O)Cn1c(-c2nnc(C)o2)cc2ccccc21. The van der Waals surface area contributed by atoms with Gasteiger partial charge in [0.2, 0.25) is 11.8 Å². The molecule has 20 heavy (non-hydrogen) atoms. The Morgan fingerprint density at radius 1 is 1.35 bits per heavy atom. The van der Waals surface area contributed by atoms with E-state index in [0.29, 0.717) is 11.8 Å². The number of hydrogen-bond donors (Lipinski definition) is 1. The fraction of sp³-hybridized carbons (Fsp3) is 0.214. The first-order chi connectivity index (χ1) is 9.69. The summed E-state index contributed by atoms with van der Waals surface area (Å²) in [6.45, 7) is 1.95. The van der Waals surface area contributed by atoms with Crippen LogP contribution in [0.15, 0.2) is 34.7 Å². The Morgan fingerprint density at radius 3 is 2.85 bits per heavy atom. The van der Waals surface area contributed by atoms with E-state index in [1.807, 2.05) is 34.9 Å². The lowest BCUT2D eigenvalue weighted by Crippen LogP contribution is -2.23. The maximum absolute atomic E-state index is 11.7. The van der Waals surface area contributed by atoms with Crippen LogP contribution in [0.25, 0.3) is 22.5 Å². The molecule has 1 aromatic carbocycles. The normalized spacial score (nSPS) is 10.9. The molecule has 3 rings (SSSR count). The summed E-state index contributed by atoms with van der Waals surface area (Å²) in [7, 11) is 1.62. The van der Waals surface area contributed by atoms with Crippen LogP contribution in [0.5, 0.6) is 0 Å². The van der Waals surface area contributed by atoms with E-state index in [-0.39, 0.29) is 12.5 Å². The molecule has 0 atom stereocenters. The molecule has 0 unspecified atom stereocenters. The third-order valence-corrected chi connectivity index (χ3v) is 3.14. The molecule has 0 aliphatic heterocycles. The van der Waals surface area contributed by atoms with Crippen molar-refractivity contribution in [2.45, 2.75) is 13.5 Å². The van der Waals surface area contributed by atoms with E-state index in [2.05, 4.69) is 15.5 Å². The molecule has 6 nitrogen and oxygen atoms in total. The summed E-state index contributed by atoms with van der Waals surface area (Å²) in [5.41, 5.74) is 1.71. The van der Waals surface area contributed by atoms with E-state index in [1.165, 1.54) is 0 Å². The van der Waals surface area contributed by atoms with Crippen LogP contribution < -0.4 is 5.32 Å². The maximum atomic E-state index is 11.7. The number of para-hydroxylation sites is 1. The van der Waals surface area contributed by atoms with Gasteiger partial charge in [0.15, 0.2) is 0 Å². The van der Waals surface area contributed by atoms with Gasteiger partial charge in [0.25, 0.3) is 5.89 Å². The van der Waals surface area contributed by atoms with Crippen LogP contribution in [0.4, 0.5) is 0 Å². The van der Waals surface area contributed by atoms with Crippen molar-refractivity contribution in [1.29, 1.82) is 0 Å². The van der Waals surface area contributed by atoms with Gasteiger partial charge in [0.1, 0.15) is 12.2 Å². The summed E-state index contributed by atoms with van der Waals surface area (Å²) in [6.07, 6.45) is 0. The molecule has 6 heteroatoms. The van der Waals surface area contributed by atoms with Crippen molar-refractivity contribution in [3.8, 4) is 11.6 Å². The van der Waals surface area contributed by atoms with Crippen LogP contribution in [0.2, 0.25) is 0 Å². The number of rotatable bonds is 3. The van der Waals surface area contributed by atoms with E-state index in [1.54, 1.807) is 14.0 Å². The quantitative estimate of drug-likeness (QED) is 0.787. The van der Waals surface area contributed by atoms with Crippen molar-refractivity contribution in [2.75, 3.05) is 7.05 Å². The van der Waals surface area contributed by atoms with Gasteiger partial charge in [-0.3, -0.25) is 4.79 Å². The Morgan fingerprint density at radius 2 is 2.15 bits per heavy atom. The maximum Gasteiger partial charge on any atom is 0.264 e. The van der Waals surface area contributed by atoms with Gasteiger partial charge in [-0.15, -0.1) is 10.2 Å². The number of benzene rings is 1. The summed E-state index contributed by atoms with van der Waals surface area (Å²) in [6, 6.07) is 9.79. The van der Waals surface area contributed by atoms with Gasteiger partial charge in [-0.05, 0) is 12.1 Å². The summed E-state index contributed by atoms with van der Waals surface area (Å²) in [5, 5.41) is 11.5. The lowest BCUT2D eigenvalue weighted by molar-refractivity contribution is -0.121. The van der Waals surface area contributed by atoms with E-state index in [9.17, 15) is 4.79 Å². The Balaban J connectivity index is 2.19. The summed E-state index contributed by atoms with van der Waals surface area (Å²) in [5.74, 6) is 0.836. The number of aryl methyl sites for hydroxylation is 1. The fourth-order valence-electron chi connectivity index (χ4n) is 2.18. The van der Waals surface area contributed by atoms with Crippen molar-refractivity contribution in [1.82, 2.24) is 20.1 Å². The van der Waals surface area contributed by atoms with Gasteiger partial charge >= 0.3 is 0 Å². The molecule has 0 aliphatic rings. The fourth-order valence-corrected chi connectivity index (χ4v) is 2.18. The molecule has 2 heterocycles. The van der Waals surface area contributed by atoms with E-state index < -0.39 is 0 Å². The van der Waals surface area contributed by atoms with Crippen LogP contribution >= 0.6 is 0 Å². The zero-order valence-corrected chi connectivity index (χ0v) is 11.3. The van der Waals surface area contributed by atoms with Gasteiger partial charge < -0.3 is 14.3 Å². The van der Waals surface area contributed by atoms with Crippen molar-refractivity contribution >= 4 is 16.8 Å². The van der Waals surface area contributed by atoms with Gasteiger partial charge in [0.05, 0.1) is 0 Å². The largest absolute Gasteiger partial charge is 0.420 e. The molecule has 0 bridgehead atoms. The second-order valence-corrected chi connectivity index (χ2v) is 4.47. The molecule has 0 radical (unpaired) electrons. The van der Waals surface area contributed by atoms with Crippen LogP contribution in [0.3, 0.4) is 0 Å². The minimum atomic E-state index is -0.0798. The number of nitrogens with zero attached hydrogens (tertiary/aromatic N) is 3. The molecule has 0 fully saturated rings. The lowest BCUT2D eigenvalue weighted by Gasteiger charge is -2.07. The van der Waals surface area contributed by atoms with Crippen molar-refractivity contribution in [3.63, 3.8) is 0 Å². The Labute approximate surface area is 115 Å². The van der Waals surface area contributed by atoms with Crippen LogP contribution in [-0.2, 0) is 11.3 Å². The highest BCUT2D eigenvalue weighted by atomic mass is 16.4. The summed E-state index contributed by atoms with van der Waals surface area (Å²) >= 11 is 0. The van der Waals surface area contributed by atoms with Crippen LogP contribution in [0.1, 0.15) is 5.89 Å². The van der Waals surface area contributed by atoms with Crippen molar-refractivity contribution in [3.05, 3.63) is 36.2 Å². The third kappa shape index (κ3) is 2.05. The van der Waals surface area contributed by atoms with E-state index in [4.69, 9.17) is 4.42 Å². The monoisotopic (exact) mass is 270 g/mol. The van der Waals surface area contributed by atoms with E-state index >= 15 is 0 Å². The summed E-state index contributed by atoms with van der Waals surface area (Å²) in [4.78, 5) is 11.7. The number of fused-ring (bicyclic) bond motifs is 1. The number of amides is 1. The highest BCUT2D eigenvalue weighted by Crippen LogP contribution is 2.27. The van der Waals surface area contributed by atoms with Crippen molar-refractivity contribution < 1.29 is 9.21 Å². The standard InChI is InChI=1S/C14H14N4O2/c1-9-16-17-14(20-9)12-7-10-5-3-4-6-11(10)18(12)8-13(19)15-2/h3-7H,8H2,1-2H3,(H,15,19). The lowest BCUT2D eigenvalue weighted by atomic mass is 10.2. The van der Waals surface area contributed by atoms with Gasteiger partial charge in [-0.2, -0.15) is 0 Å². The first kappa shape index (κ1) is 12.4. The van der Waals surface area contributed by atoms with Crippen LogP contribution in [-0.4, -0.2) is 27.7 Å². The predicted octanol–water partition coefficient (Wildman–Crippen LogP) is 1.75. The molecular weight excluding hydrogens is 256 g/mol. The highest BCUT2D eigenvalue weighted by molar-refractivity contribution is 5.88. The molecule has 102 valence electrons. The molecule has 1 N–H and O–H groups in total. The molecule has 1 amide bonds. The first-order valence-electron chi connectivity index (χ1n) is 6.28. The third-order valence-electron chi connectivity index (χ3n) is 3.14. The molecular formula is C14H14N4O2. The van der Waals surface area contributed by atoms with E-state index in [0.717, 1.165) is 16.6 Å². The smallest absolute Gasteiger partial charge is 0.264 e. The molecule has 0 saturated carbocycles. The highest BCUT2D eigenvalue weighted by Gasteiger charge is 2.16. The number of nitrogens with one attached hydrogen (secondary N) is 1. The zero-order chi connectivity index (χ0) is 14.1. The Bertz CT molecular complexity index is 772. The topological polar surface area (TPSA) is 73.0 Å². The number of carbonyl (C=O) groups excluding carboxylic acids is 1. The number of hydrogen-bond acceptors (Lipinski definition) is 4. The molecule has 0 saturated heterocycles. The molecule has 0 aliphatic carbocycles. The number of likely N-dealkylation sites (N-methyl/N-ethyl adjacent to an activating group) is 1. The second kappa shape index (κ2) is 4.80. The zero-order valence-electron chi connectivity index (χ0n) is 11.3. The Hall–Kier alpha value is -2.63. The Kier molecular flexibility index (Phi) is 2.98. The van der Waals surface area contributed by atoms with Crippen LogP contribution in [0, 0.1) is 6.92 Å². The van der Waals surface area contributed by atoms with Gasteiger partial charge in [0, 0.05) is 24.9 Å². The average molecular weight is 270 g/mol. The average Bonchev–Trinajstić information content (AvgIpc) is 3.03. The van der Waals surface area contributed by atoms with Gasteiger partial charge in [-0.25, -0.2) is 0 Å². The molecule has 3 aromatic rings. The van der Waals surface area contributed by atoms with Gasteiger partial charge in [-0.1, -0.05) is 18.2 Å². The summed E-state index contributed by atoms with van der Waals surface area (Å²) < 4.78 is 7.36. The predicted molar refractivity (Wildman–Crippen MR) is 74.0 cm³/mol. The first-order valence-corrected chi connectivity index (χ1v) is 6.28. The minimum absolute atomic E-state index is 0.0798. The number of aromatic nitrogens is 3. The molecule has 2 aromatic heterocycles. The van der Waals surface area contributed by atoms with Crippen molar-refractivity contribution in [2.24, 2.45) is 0 Å².